The summed E-state index contributed by atoms with van der Waals surface area (Å²) >= 11 is 3.69. The molecule has 3 atom stereocenters. The fourth-order valence-corrected chi connectivity index (χ4v) is 6.97. The van der Waals surface area contributed by atoms with Gasteiger partial charge in [0.1, 0.15) is 17.1 Å². The van der Waals surface area contributed by atoms with E-state index in [9.17, 15) is 24.7 Å². The third kappa shape index (κ3) is 5.98. The van der Waals surface area contributed by atoms with Gasteiger partial charge in [0.25, 0.3) is 11.8 Å². The quantitative estimate of drug-likeness (QED) is 0.101. The number of hydrogen-bond acceptors (Lipinski definition) is 13. The molecule has 0 saturated carbocycles. The van der Waals surface area contributed by atoms with Gasteiger partial charge in [0, 0.05) is 21.8 Å². The van der Waals surface area contributed by atoms with E-state index in [0.29, 0.717) is 29.4 Å². The smallest absolute Gasteiger partial charge is 0.543 e. The van der Waals surface area contributed by atoms with E-state index in [-0.39, 0.29) is 52.2 Å². The number of aliphatic carboxylic acids is 1. The van der Waals surface area contributed by atoms with E-state index in [0.717, 1.165) is 16.2 Å². The van der Waals surface area contributed by atoms with Gasteiger partial charge in [-0.05, 0) is 20.3 Å². The van der Waals surface area contributed by atoms with Gasteiger partial charge in [-0.25, -0.2) is 4.98 Å². The number of amides is 2. The van der Waals surface area contributed by atoms with Crippen molar-refractivity contribution < 1.29 is 63.7 Å². The number of rotatable bonds is 7. The van der Waals surface area contributed by atoms with Crippen LogP contribution in [0.3, 0.4) is 0 Å². The Morgan fingerprint density at radius 1 is 1.49 bits per heavy atom. The predicted molar refractivity (Wildman–Crippen MR) is 124 cm³/mol. The average molecular weight is 552 g/mol. The number of fused-ring (bicyclic) bond motifs is 1. The Morgan fingerprint density at radius 3 is 2.83 bits per heavy atom. The summed E-state index contributed by atoms with van der Waals surface area (Å²) in [7, 11) is 0. The molecule has 1 aromatic rings. The zero-order valence-electron chi connectivity index (χ0n) is 19.2. The van der Waals surface area contributed by atoms with Crippen molar-refractivity contribution in [1.29, 1.82) is 0 Å². The number of oxime groups is 1. The van der Waals surface area contributed by atoms with Crippen LogP contribution in [0.4, 0.5) is 5.13 Å². The Balaban J connectivity index is 0.00000342. The number of nitrogens with zero attached hydrogens (tertiary/aromatic N) is 3. The van der Waals surface area contributed by atoms with E-state index in [1.165, 1.54) is 28.9 Å². The van der Waals surface area contributed by atoms with Crippen LogP contribution in [0.25, 0.3) is 0 Å². The largest absolute Gasteiger partial charge is 1.00 e. The van der Waals surface area contributed by atoms with Crippen LogP contribution in [0.5, 0.6) is 0 Å². The summed E-state index contributed by atoms with van der Waals surface area (Å²) in [6.45, 7) is 4.18. The number of carboxylic acids is 1. The second kappa shape index (κ2) is 11.4. The SMILES string of the molecule is CC1(C)OCCC(CSC2=C(C(=O)[O-])N3C(=O)C(NC(=O)/C(=N\O)c4csc(N)n4)[C@@H]3SC2)O1.[Na+]. The molecule has 3 aliphatic heterocycles. The Morgan fingerprint density at radius 2 is 2.23 bits per heavy atom. The summed E-state index contributed by atoms with van der Waals surface area (Å²) in [5.74, 6) is -2.77. The number of carboxylic acid groups (broad SMARTS) is 1. The van der Waals surface area contributed by atoms with Crippen LogP contribution in [0, 0.1) is 0 Å². The molecule has 0 aliphatic carbocycles. The van der Waals surface area contributed by atoms with Crippen molar-refractivity contribution in [2.45, 2.75) is 43.6 Å². The van der Waals surface area contributed by atoms with Crippen LogP contribution in [0.15, 0.2) is 21.1 Å². The molecule has 0 radical (unpaired) electrons. The molecule has 4 N–H and O–H groups in total. The van der Waals surface area contributed by atoms with Crippen molar-refractivity contribution in [3.8, 4) is 0 Å². The minimum atomic E-state index is -1.46. The van der Waals surface area contributed by atoms with Crippen LogP contribution in [0.2, 0.25) is 0 Å². The molecule has 12 nitrogen and oxygen atoms in total. The number of nitrogens with two attached hydrogens (primary N) is 1. The molecular weight excluding hydrogens is 529 g/mol. The normalized spacial score (nSPS) is 25.9. The van der Waals surface area contributed by atoms with Crippen LogP contribution >= 0.6 is 34.9 Å². The molecule has 16 heteroatoms. The van der Waals surface area contributed by atoms with E-state index < -0.39 is 40.7 Å². The van der Waals surface area contributed by atoms with Crippen molar-refractivity contribution >= 4 is 63.5 Å². The maximum atomic E-state index is 12.8. The van der Waals surface area contributed by atoms with Gasteiger partial charge in [-0.2, -0.15) is 0 Å². The molecule has 4 heterocycles. The number of thiazole rings is 1. The summed E-state index contributed by atoms with van der Waals surface area (Å²) in [4.78, 5) is 42.9. The van der Waals surface area contributed by atoms with Crippen molar-refractivity contribution in [3.63, 3.8) is 0 Å². The number of hydrogen-bond donors (Lipinski definition) is 3. The topological polar surface area (TPSA) is 180 Å². The van der Waals surface area contributed by atoms with Gasteiger partial charge >= 0.3 is 29.6 Å². The zero-order valence-corrected chi connectivity index (χ0v) is 23.6. The molecule has 0 aromatic carbocycles. The Labute approximate surface area is 235 Å². The molecule has 3 aliphatic rings. The van der Waals surface area contributed by atoms with Crippen LogP contribution < -0.4 is 45.7 Å². The monoisotopic (exact) mass is 551 g/mol. The standard InChI is InChI=1S/C19H23N5O7S3.Na/c1-19(2)30-4-3-8(31-19)5-32-10-7-33-16-12(15(26)24(16)13(10)17(27)28)22-14(25)11(23-29)9-6-34-18(20)21-9;/h6,8,12,16,29H,3-5,7H2,1-2H3,(H2,20,21)(H,22,25)(H,27,28);/q;+1/p-1/b23-11-;/t8?,12?,16-;/m0./s1. The van der Waals surface area contributed by atoms with Crippen LogP contribution in [0.1, 0.15) is 26.0 Å². The van der Waals surface area contributed by atoms with E-state index in [1.54, 1.807) is 0 Å². The molecule has 0 bridgehead atoms. The minimum Gasteiger partial charge on any atom is -0.543 e. The molecular formula is C19H22N5NaO7S3. The molecule has 35 heavy (non-hydrogen) atoms. The Hall–Kier alpha value is -1.33. The molecule has 0 spiro atoms. The third-order valence-electron chi connectivity index (χ3n) is 5.28. The molecule has 2 saturated heterocycles. The second-order valence-corrected chi connectivity index (χ2v) is 11.1. The van der Waals surface area contributed by atoms with Crippen molar-refractivity contribution in [2.75, 3.05) is 23.8 Å². The summed E-state index contributed by atoms with van der Waals surface area (Å²) in [5.41, 5.74) is 5.03. The van der Waals surface area contributed by atoms with E-state index in [2.05, 4.69) is 15.5 Å². The van der Waals surface area contributed by atoms with Crippen LogP contribution in [-0.4, -0.2) is 80.0 Å². The van der Waals surface area contributed by atoms with Gasteiger partial charge in [-0.15, -0.1) is 34.9 Å². The van der Waals surface area contributed by atoms with E-state index in [4.69, 9.17) is 15.2 Å². The summed E-state index contributed by atoms with van der Waals surface area (Å²) in [6.07, 6.45) is 0.554. The fourth-order valence-electron chi connectivity index (χ4n) is 3.75. The van der Waals surface area contributed by atoms with Crippen molar-refractivity contribution in [2.24, 2.45) is 5.16 Å². The fraction of sp³-hybridized carbons (Fsp3) is 0.526. The van der Waals surface area contributed by atoms with Gasteiger partial charge in [-0.3, -0.25) is 14.5 Å². The second-order valence-electron chi connectivity index (χ2n) is 8.03. The predicted octanol–water partition coefficient (Wildman–Crippen LogP) is -3.46. The zero-order chi connectivity index (χ0) is 24.6. The Bertz CT molecular complexity index is 1080. The van der Waals surface area contributed by atoms with Crippen LogP contribution in [-0.2, 0) is 23.9 Å². The van der Waals surface area contributed by atoms with Crippen molar-refractivity contribution in [1.82, 2.24) is 15.2 Å². The van der Waals surface area contributed by atoms with Gasteiger partial charge in [-0.1, -0.05) is 5.16 Å². The van der Waals surface area contributed by atoms with Gasteiger partial charge in [0.2, 0.25) is 0 Å². The summed E-state index contributed by atoms with van der Waals surface area (Å²) in [5, 5.41) is 27.6. The van der Waals surface area contributed by atoms with E-state index in [1.807, 2.05) is 13.8 Å². The number of aromatic nitrogens is 1. The first-order valence-electron chi connectivity index (χ1n) is 10.2. The molecule has 2 fully saturated rings. The van der Waals surface area contributed by atoms with Crippen molar-refractivity contribution in [3.05, 3.63) is 21.7 Å². The number of nitrogen functional groups attached to an aromatic ring is 1. The number of anilines is 1. The molecule has 4 rings (SSSR count). The third-order valence-corrected chi connectivity index (χ3v) is 8.64. The summed E-state index contributed by atoms with van der Waals surface area (Å²) in [6, 6.07) is -0.995. The Kier molecular flexibility index (Phi) is 9.18. The first-order chi connectivity index (χ1) is 16.1. The molecule has 2 unspecified atom stereocenters. The molecule has 2 amide bonds. The van der Waals surface area contributed by atoms with E-state index >= 15 is 0 Å². The van der Waals surface area contributed by atoms with Gasteiger partial charge in [0.15, 0.2) is 16.6 Å². The first kappa shape index (κ1) is 28.2. The van der Waals surface area contributed by atoms with Gasteiger partial charge in [0.05, 0.1) is 24.4 Å². The molecule has 1 aromatic heterocycles. The average Bonchev–Trinajstić information content (AvgIpc) is 3.20. The minimum absolute atomic E-state index is 0. The number of carbonyl (C=O) groups is 3. The number of carbonyl (C=O) groups excluding carboxylic acids is 3. The number of nitrogens with one attached hydrogen (secondary N) is 1. The number of ether oxygens (including phenoxy) is 2. The first-order valence-corrected chi connectivity index (χ1v) is 13.1. The summed E-state index contributed by atoms with van der Waals surface area (Å²) < 4.78 is 11.4. The molecule has 184 valence electrons. The number of β-lactam (4-membered cyclic amide) rings is 1. The number of thioether (sulfide) groups is 2. The maximum absolute atomic E-state index is 12.8. The van der Waals surface area contributed by atoms with Gasteiger partial charge < -0.3 is 35.6 Å². The maximum Gasteiger partial charge on any atom is 1.00 e.